The van der Waals surface area contributed by atoms with Crippen LogP contribution in [0.2, 0.25) is 5.22 Å². The topological polar surface area (TPSA) is 39.2 Å². The van der Waals surface area contributed by atoms with E-state index in [4.69, 9.17) is 21.8 Å². The van der Waals surface area contributed by atoms with Crippen LogP contribution in [-0.4, -0.2) is 6.54 Å². The quantitative estimate of drug-likeness (QED) is 0.844. The molecule has 3 heteroatoms. The summed E-state index contributed by atoms with van der Waals surface area (Å²) in [7, 11) is 0. The summed E-state index contributed by atoms with van der Waals surface area (Å²) in [5, 5.41) is 1.50. The molecule has 0 aliphatic rings. The predicted molar refractivity (Wildman–Crippen MR) is 58.6 cm³/mol. The summed E-state index contributed by atoms with van der Waals surface area (Å²) in [5.74, 6) is 0. The molecule has 0 bridgehead atoms. The minimum Gasteiger partial charge on any atom is -0.444 e. The number of aryl methyl sites for hydroxylation is 1. The minimum absolute atomic E-state index is 0.445. The van der Waals surface area contributed by atoms with Gasteiger partial charge in [-0.05, 0) is 36.6 Å². The molecule has 0 fully saturated rings. The third-order valence-corrected chi connectivity index (χ3v) is 2.43. The largest absolute Gasteiger partial charge is 0.444 e. The SMILES string of the molecule is NCCCc1cccc2cc(Cl)oc12. The Hall–Kier alpha value is -0.990. The Morgan fingerprint density at radius 3 is 3.00 bits per heavy atom. The van der Waals surface area contributed by atoms with E-state index in [0.717, 1.165) is 23.8 Å². The number of fused-ring (bicyclic) bond motifs is 1. The van der Waals surface area contributed by atoms with Gasteiger partial charge >= 0.3 is 0 Å². The number of halogens is 1. The van der Waals surface area contributed by atoms with Crippen LogP contribution < -0.4 is 5.73 Å². The van der Waals surface area contributed by atoms with Crippen molar-refractivity contribution in [1.29, 1.82) is 0 Å². The molecule has 0 spiro atoms. The molecule has 2 nitrogen and oxygen atoms in total. The van der Waals surface area contributed by atoms with Crippen LogP contribution in [-0.2, 0) is 6.42 Å². The van der Waals surface area contributed by atoms with Crippen molar-refractivity contribution in [2.24, 2.45) is 5.73 Å². The van der Waals surface area contributed by atoms with Gasteiger partial charge in [0.1, 0.15) is 5.58 Å². The number of rotatable bonds is 3. The van der Waals surface area contributed by atoms with Gasteiger partial charge in [0.15, 0.2) is 5.22 Å². The molecule has 0 radical (unpaired) electrons. The van der Waals surface area contributed by atoms with Crippen molar-refractivity contribution in [3.8, 4) is 0 Å². The molecule has 0 saturated heterocycles. The number of para-hydroxylation sites is 1. The third-order valence-electron chi connectivity index (χ3n) is 2.25. The molecular weight excluding hydrogens is 198 g/mol. The van der Waals surface area contributed by atoms with Crippen LogP contribution in [0.15, 0.2) is 28.7 Å². The van der Waals surface area contributed by atoms with Crippen LogP contribution in [0.3, 0.4) is 0 Å². The van der Waals surface area contributed by atoms with Gasteiger partial charge in [0.05, 0.1) is 0 Å². The number of furan rings is 1. The highest BCUT2D eigenvalue weighted by molar-refractivity contribution is 6.29. The maximum absolute atomic E-state index is 5.80. The molecule has 14 heavy (non-hydrogen) atoms. The second-order valence-electron chi connectivity index (χ2n) is 3.28. The minimum atomic E-state index is 0.445. The van der Waals surface area contributed by atoms with E-state index in [1.165, 1.54) is 5.56 Å². The van der Waals surface area contributed by atoms with E-state index >= 15 is 0 Å². The van der Waals surface area contributed by atoms with Crippen molar-refractivity contribution < 1.29 is 4.42 Å². The van der Waals surface area contributed by atoms with Crippen LogP contribution in [0.1, 0.15) is 12.0 Å². The van der Waals surface area contributed by atoms with Gasteiger partial charge < -0.3 is 10.2 Å². The van der Waals surface area contributed by atoms with Crippen molar-refractivity contribution >= 4 is 22.6 Å². The van der Waals surface area contributed by atoms with Gasteiger partial charge in [0.25, 0.3) is 0 Å². The van der Waals surface area contributed by atoms with Crippen molar-refractivity contribution in [1.82, 2.24) is 0 Å². The Labute approximate surface area is 87.6 Å². The molecule has 0 saturated carbocycles. The van der Waals surface area contributed by atoms with Crippen LogP contribution in [0, 0.1) is 0 Å². The van der Waals surface area contributed by atoms with Crippen LogP contribution in [0.4, 0.5) is 0 Å². The van der Waals surface area contributed by atoms with Gasteiger partial charge in [-0.3, -0.25) is 0 Å². The lowest BCUT2D eigenvalue weighted by atomic mass is 10.1. The molecule has 74 valence electrons. The maximum atomic E-state index is 5.80. The van der Waals surface area contributed by atoms with E-state index in [1.54, 1.807) is 0 Å². The van der Waals surface area contributed by atoms with Crippen LogP contribution >= 0.6 is 11.6 Å². The molecule has 2 N–H and O–H groups in total. The molecule has 1 aromatic heterocycles. The first-order valence-electron chi connectivity index (χ1n) is 4.68. The highest BCUT2D eigenvalue weighted by Gasteiger charge is 2.05. The molecule has 1 heterocycles. The van der Waals surface area contributed by atoms with Crippen molar-refractivity contribution in [2.75, 3.05) is 6.54 Å². The molecule has 0 atom stereocenters. The summed E-state index contributed by atoms with van der Waals surface area (Å²) >= 11 is 5.80. The average Bonchev–Trinajstić information content (AvgIpc) is 2.55. The second-order valence-corrected chi connectivity index (χ2v) is 3.65. The molecule has 1 aromatic carbocycles. The molecule has 0 aliphatic heterocycles. The second kappa shape index (κ2) is 4.03. The standard InChI is InChI=1S/C11H12ClNO/c12-10-7-9-4-1-3-8(5-2-6-13)11(9)14-10/h1,3-4,7H,2,5-6,13H2. The lowest BCUT2D eigenvalue weighted by Crippen LogP contribution is -2.00. The van der Waals surface area contributed by atoms with E-state index in [2.05, 4.69) is 6.07 Å². The monoisotopic (exact) mass is 209 g/mol. The van der Waals surface area contributed by atoms with E-state index in [1.807, 2.05) is 18.2 Å². The van der Waals surface area contributed by atoms with Gasteiger partial charge in [0.2, 0.25) is 0 Å². The molecule has 0 aliphatic carbocycles. The predicted octanol–water partition coefficient (Wildman–Crippen LogP) is 2.98. The molecule has 2 rings (SSSR count). The Balaban J connectivity index is 2.42. The van der Waals surface area contributed by atoms with E-state index in [0.29, 0.717) is 11.8 Å². The summed E-state index contributed by atoms with van der Waals surface area (Å²) in [5.41, 5.74) is 7.54. The van der Waals surface area contributed by atoms with Crippen molar-refractivity contribution in [2.45, 2.75) is 12.8 Å². The normalized spacial score (nSPS) is 11.0. The van der Waals surface area contributed by atoms with E-state index in [9.17, 15) is 0 Å². The summed E-state index contributed by atoms with van der Waals surface area (Å²) in [4.78, 5) is 0. The fraction of sp³-hybridized carbons (Fsp3) is 0.273. The lowest BCUT2D eigenvalue weighted by molar-refractivity contribution is 0.611. The Kier molecular flexibility index (Phi) is 2.75. The molecule has 0 amide bonds. The summed E-state index contributed by atoms with van der Waals surface area (Å²) in [6, 6.07) is 7.90. The zero-order chi connectivity index (χ0) is 9.97. The highest BCUT2D eigenvalue weighted by atomic mass is 35.5. The van der Waals surface area contributed by atoms with Crippen molar-refractivity contribution in [3.63, 3.8) is 0 Å². The molecular formula is C11H12ClNO. The van der Waals surface area contributed by atoms with Crippen LogP contribution in [0.5, 0.6) is 0 Å². The first kappa shape index (κ1) is 9.56. The van der Waals surface area contributed by atoms with Gasteiger partial charge in [0, 0.05) is 11.5 Å². The van der Waals surface area contributed by atoms with E-state index < -0.39 is 0 Å². The fourth-order valence-corrected chi connectivity index (χ4v) is 1.78. The smallest absolute Gasteiger partial charge is 0.194 e. The zero-order valence-corrected chi connectivity index (χ0v) is 8.55. The number of nitrogens with two attached hydrogens (primary N) is 1. The first-order chi connectivity index (χ1) is 6.81. The number of hydrogen-bond donors (Lipinski definition) is 1. The van der Waals surface area contributed by atoms with Gasteiger partial charge in [-0.1, -0.05) is 18.2 Å². The van der Waals surface area contributed by atoms with Gasteiger partial charge in [-0.25, -0.2) is 0 Å². The van der Waals surface area contributed by atoms with Gasteiger partial charge in [-0.15, -0.1) is 0 Å². The molecule has 0 unspecified atom stereocenters. The Morgan fingerprint density at radius 1 is 1.36 bits per heavy atom. The highest BCUT2D eigenvalue weighted by Crippen LogP contribution is 2.26. The van der Waals surface area contributed by atoms with Crippen molar-refractivity contribution in [3.05, 3.63) is 35.0 Å². The fourth-order valence-electron chi connectivity index (χ4n) is 1.58. The van der Waals surface area contributed by atoms with E-state index in [-0.39, 0.29) is 0 Å². The maximum Gasteiger partial charge on any atom is 0.194 e. The Bertz CT molecular complexity index is 436. The summed E-state index contributed by atoms with van der Waals surface area (Å²) in [6.45, 7) is 0.699. The average molecular weight is 210 g/mol. The third kappa shape index (κ3) is 1.76. The lowest BCUT2D eigenvalue weighted by Gasteiger charge is -1.99. The first-order valence-corrected chi connectivity index (χ1v) is 5.06. The number of hydrogen-bond acceptors (Lipinski definition) is 2. The van der Waals surface area contributed by atoms with Crippen LogP contribution in [0.25, 0.3) is 11.0 Å². The zero-order valence-electron chi connectivity index (χ0n) is 7.79. The summed E-state index contributed by atoms with van der Waals surface area (Å²) in [6.07, 6.45) is 1.91. The Morgan fingerprint density at radius 2 is 2.21 bits per heavy atom. The summed E-state index contributed by atoms with van der Waals surface area (Å²) < 4.78 is 5.42. The molecule has 2 aromatic rings. The van der Waals surface area contributed by atoms with Gasteiger partial charge in [-0.2, -0.15) is 0 Å². The number of benzene rings is 1.